The van der Waals surface area contributed by atoms with E-state index in [9.17, 15) is 4.39 Å². The number of halogens is 1. The Morgan fingerprint density at radius 3 is 2.34 bits per heavy atom. The van der Waals surface area contributed by atoms with Crippen molar-refractivity contribution in [2.75, 3.05) is 0 Å². The summed E-state index contributed by atoms with van der Waals surface area (Å²) in [6.07, 6.45) is 4.89. The van der Waals surface area contributed by atoms with Gasteiger partial charge in [0.2, 0.25) is 4.77 Å². The van der Waals surface area contributed by atoms with Crippen LogP contribution in [0.1, 0.15) is 48.6 Å². The Hall–Kier alpha value is -2.31. The Labute approximate surface area is 175 Å². The second kappa shape index (κ2) is 7.84. The molecular formula is C23H26FN4S+. The molecule has 1 aromatic heterocycles. The van der Waals surface area contributed by atoms with Crippen molar-refractivity contribution in [3.63, 3.8) is 0 Å². The van der Waals surface area contributed by atoms with E-state index in [2.05, 4.69) is 28.8 Å². The molecule has 0 spiro atoms. The average molecular weight is 410 g/mol. The van der Waals surface area contributed by atoms with Gasteiger partial charge in [-0.3, -0.25) is 4.57 Å². The van der Waals surface area contributed by atoms with Crippen LogP contribution in [0.2, 0.25) is 0 Å². The van der Waals surface area contributed by atoms with Gasteiger partial charge in [-0.2, -0.15) is 9.78 Å². The van der Waals surface area contributed by atoms with Gasteiger partial charge in [0, 0.05) is 24.3 Å². The molecule has 0 aliphatic heterocycles. The molecule has 0 amide bonds. The molecule has 6 heteroatoms. The van der Waals surface area contributed by atoms with Crippen LogP contribution >= 0.6 is 12.2 Å². The molecule has 3 aromatic rings. The molecule has 2 aliphatic carbocycles. The topological polar surface area (TPSA) is 27.2 Å². The van der Waals surface area contributed by atoms with E-state index >= 15 is 0 Å². The average Bonchev–Trinajstić information content (AvgIpc) is 3.64. The normalized spacial score (nSPS) is 17.4. The molecule has 2 fully saturated rings. The SMILES string of the molecule is Fc1ccc(C[NH+](Cn2nc(C3CC3)n(Cc3ccccc3)c2=S)C2CC2)cc1. The second-order valence-electron chi connectivity index (χ2n) is 8.38. The maximum Gasteiger partial charge on any atom is 0.203 e. The molecule has 4 nitrogen and oxygen atoms in total. The third-order valence-electron chi connectivity index (χ3n) is 5.93. The van der Waals surface area contributed by atoms with Gasteiger partial charge in [-0.25, -0.2) is 4.39 Å². The smallest absolute Gasteiger partial charge is 0.203 e. The Balaban J connectivity index is 1.40. The van der Waals surface area contributed by atoms with Crippen LogP contribution in [0, 0.1) is 10.6 Å². The van der Waals surface area contributed by atoms with E-state index in [0.717, 1.165) is 35.9 Å². The van der Waals surface area contributed by atoms with Crippen LogP contribution in [0.15, 0.2) is 54.6 Å². The Morgan fingerprint density at radius 2 is 1.69 bits per heavy atom. The quantitative estimate of drug-likeness (QED) is 0.575. The van der Waals surface area contributed by atoms with E-state index in [4.69, 9.17) is 17.3 Å². The first-order valence-electron chi connectivity index (χ1n) is 10.5. The molecule has 29 heavy (non-hydrogen) atoms. The fourth-order valence-electron chi connectivity index (χ4n) is 4.00. The molecule has 1 N–H and O–H groups in total. The summed E-state index contributed by atoms with van der Waals surface area (Å²) in [5, 5.41) is 4.97. The number of rotatable bonds is 8. The summed E-state index contributed by atoms with van der Waals surface area (Å²) in [6, 6.07) is 18.0. The standard InChI is InChI=1S/C23H25FN4S/c24-20-10-6-18(7-11-20)14-26(21-12-13-21)16-28-23(29)27(22(25-28)19-8-9-19)15-17-4-2-1-3-5-17/h1-7,10-11,19,21H,8-9,12-16H2/p+1. The first kappa shape index (κ1) is 18.7. The maximum absolute atomic E-state index is 13.3. The summed E-state index contributed by atoms with van der Waals surface area (Å²) < 4.78 is 18.3. The van der Waals surface area contributed by atoms with Gasteiger partial charge in [0.15, 0.2) is 6.67 Å². The van der Waals surface area contributed by atoms with E-state index in [-0.39, 0.29) is 5.82 Å². The highest BCUT2D eigenvalue weighted by molar-refractivity contribution is 7.71. The van der Waals surface area contributed by atoms with Crippen molar-refractivity contribution in [1.29, 1.82) is 0 Å². The predicted octanol–water partition coefficient (Wildman–Crippen LogP) is 3.68. The number of hydrogen-bond acceptors (Lipinski definition) is 2. The molecule has 2 saturated carbocycles. The van der Waals surface area contributed by atoms with Crippen LogP contribution in [-0.4, -0.2) is 20.4 Å². The lowest BCUT2D eigenvalue weighted by atomic mass is 10.2. The third kappa shape index (κ3) is 4.33. The van der Waals surface area contributed by atoms with E-state index in [0.29, 0.717) is 12.0 Å². The number of aromatic nitrogens is 3. The van der Waals surface area contributed by atoms with Gasteiger partial charge in [0.1, 0.15) is 18.2 Å². The fourth-order valence-corrected chi connectivity index (χ4v) is 4.26. The number of quaternary nitrogens is 1. The molecule has 1 atom stereocenters. The zero-order valence-electron chi connectivity index (χ0n) is 16.4. The van der Waals surface area contributed by atoms with Crippen molar-refractivity contribution >= 4 is 12.2 Å². The van der Waals surface area contributed by atoms with E-state index in [1.165, 1.54) is 36.1 Å². The molecule has 1 heterocycles. The summed E-state index contributed by atoms with van der Waals surface area (Å²) in [7, 11) is 0. The van der Waals surface area contributed by atoms with Crippen molar-refractivity contribution in [2.24, 2.45) is 0 Å². The lowest BCUT2D eigenvalue weighted by molar-refractivity contribution is -0.947. The first-order chi connectivity index (χ1) is 14.2. The van der Waals surface area contributed by atoms with Crippen LogP contribution in [0.5, 0.6) is 0 Å². The van der Waals surface area contributed by atoms with E-state index < -0.39 is 0 Å². The minimum Gasteiger partial charge on any atom is -0.310 e. The van der Waals surface area contributed by atoms with E-state index in [1.807, 2.05) is 22.9 Å². The van der Waals surface area contributed by atoms with Crippen molar-refractivity contribution in [3.8, 4) is 0 Å². The maximum atomic E-state index is 13.3. The van der Waals surface area contributed by atoms with Crippen LogP contribution in [0.25, 0.3) is 0 Å². The number of hydrogen-bond donors (Lipinski definition) is 1. The third-order valence-corrected chi connectivity index (χ3v) is 6.36. The zero-order chi connectivity index (χ0) is 19.8. The Morgan fingerprint density at radius 1 is 0.966 bits per heavy atom. The molecule has 0 radical (unpaired) electrons. The summed E-state index contributed by atoms with van der Waals surface area (Å²) in [5.74, 6) is 1.50. The largest absolute Gasteiger partial charge is 0.310 e. The number of benzene rings is 2. The van der Waals surface area contributed by atoms with Crippen LogP contribution in [0.4, 0.5) is 4.39 Å². The molecule has 5 rings (SSSR count). The summed E-state index contributed by atoms with van der Waals surface area (Å²) in [6.45, 7) is 2.42. The Bertz CT molecular complexity index is 1030. The molecule has 0 saturated heterocycles. The molecule has 2 aliphatic rings. The van der Waals surface area contributed by atoms with Crippen molar-refractivity contribution in [3.05, 3.63) is 82.1 Å². The van der Waals surface area contributed by atoms with Gasteiger partial charge >= 0.3 is 0 Å². The lowest BCUT2D eigenvalue weighted by Gasteiger charge is -2.19. The van der Waals surface area contributed by atoms with Gasteiger partial charge in [-0.1, -0.05) is 42.5 Å². The highest BCUT2D eigenvalue weighted by Crippen LogP contribution is 2.39. The summed E-state index contributed by atoms with van der Waals surface area (Å²) in [5.41, 5.74) is 2.41. The fraction of sp³-hybridized carbons (Fsp3) is 0.391. The summed E-state index contributed by atoms with van der Waals surface area (Å²) in [4.78, 5) is 1.46. The van der Waals surface area contributed by atoms with Crippen LogP contribution < -0.4 is 4.90 Å². The monoisotopic (exact) mass is 409 g/mol. The van der Waals surface area contributed by atoms with Gasteiger partial charge in [0.25, 0.3) is 0 Å². The van der Waals surface area contributed by atoms with Crippen molar-refractivity contribution in [2.45, 2.75) is 57.4 Å². The van der Waals surface area contributed by atoms with Gasteiger partial charge < -0.3 is 4.90 Å². The number of nitrogens with zero attached hydrogens (tertiary/aromatic N) is 3. The molecule has 150 valence electrons. The number of nitrogens with one attached hydrogen (secondary N) is 1. The van der Waals surface area contributed by atoms with E-state index in [1.54, 1.807) is 12.1 Å². The van der Waals surface area contributed by atoms with Gasteiger partial charge in [0.05, 0.1) is 12.6 Å². The molecule has 0 bridgehead atoms. The molecular weight excluding hydrogens is 383 g/mol. The summed E-state index contributed by atoms with van der Waals surface area (Å²) >= 11 is 5.87. The highest BCUT2D eigenvalue weighted by Gasteiger charge is 2.35. The van der Waals surface area contributed by atoms with Gasteiger partial charge in [-0.05, 0) is 42.8 Å². The van der Waals surface area contributed by atoms with Gasteiger partial charge in [-0.15, -0.1) is 0 Å². The minimum atomic E-state index is -0.183. The Kier molecular flexibility index (Phi) is 5.06. The van der Waals surface area contributed by atoms with Crippen molar-refractivity contribution in [1.82, 2.24) is 14.3 Å². The van der Waals surface area contributed by atoms with Crippen LogP contribution in [-0.2, 0) is 19.8 Å². The first-order valence-corrected chi connectivity index (χ1v) is 10.9. The van der Waals surface area contributed by atoms with Crippen LogP contribution in [0.3, 0.4) is 0 Å². The van der Waals surface area contributed by atoms with Crippen molar-refractivity contribution < 1.29 is 9.29 Å². The second-order valence-corrected chi connectivity index (χ2v) is 8.75. The molecule has 1 unspecified atom stereocenters. The minimum absolute atomic E-state index is 0.183. The zero-order valence-corrected chi connectivity index (χ0v) is 17.2. The molecule has 2 aromatic carbocycles. The predicted molar refractivity (Wildman–Crippen MR) is 113 cm³/mol. The highest BCUT2D eigenvalue weighted by atomic mass is 32.1. The lowest BCUT2D eigenvalue weighted by Crippen LogP contribution is -3.11.